The van der Waals surface area contributed by atoms with Gasteiger partial charge in [0.25, 0.3) is 0 Å². The van der Waals surface area contributed by atoms with Crippen LogP contribution in [0.4, 0.5) is 0 Å². The number of halogens is 1. The Morgan fingerprint density at radius 1 is 1.32 bits per heavy atom. The van der Waals surface area contributed by atoms with Gasteiger partial charge in [0.1, 0.15) is 0 Å². The van der Waals surface area contributed by atoms with E-state index in [9.17, 15) is 0 Å². The molecular formula is C13H16ClN3OS. The van der Waals surface area contributed by atoms with Crippen LogP contribution in [0.2, 0.25) is 5.02 Å². The summed E-state index contributed by atoms with van der Waals surface area (Å²) >= 11 is 7.46. The van der Waals surface area contributed by atoms with Crippen LogP contribution < -0.4 is 5.73 Å². The highest BCUT2D eigenvalue weighted by molar-refractivity contribution is 7.98. The smallest absolute Gasteiger partial charge is 0.243 e. The highest BCUT2D eigenvalue weighted by Crippen LogP contribution is 2.24. The van der Waals surface area contributed by atoms with Crippen LogP contribution in [0.15, 0.2) is 33.7 Å². The van der Waals surface area contributed by atoms with Crippen molar-refractivity contribution in [3.8, 4) is 0 Å². The Morgan fingerprint density at radius 2 is 2.00 bits per heavy atom. The van der Waals surface area contributed by atoms with E-state index in [1.165, 1.54) is 0 Å². The van der Waals surface area contributed by atoms with Gasteiger partial charge in [-0.1, -0.05) is 30.6 Å². The van der Waals surface area contributed by atoms with Crippen molar-refractivity contribution >= 4 is 23.4 Å². The Kier molecular flexibility index (Phi) is 4.85. The first-order valence-electron chi connectivity index (χ1n) is 6.02. The van der Waals surface area contributed by atoms with Crippen molar-refractivity contribution in [3.05, 3.63) is 41.0 Å². The number of hydrogen-bond acceptors (Lipinski definition) is 5. The first kappa shape index (κ1) is 14.4. The van der Waals surface area contributed by atoms with Gasteiger partial charge < -0.3 is 10.3 Å². The number of nitrogens with two attached hydrogens (primary N) is 1. The maximum atomic E-state index is 5.96. The predicted molar refractivity (Wildman–Crippen MR) is 77.1 cm³/mol. The molecule has 0 aliphatic heterocycles. The molecule has 0 saturated carbocycles. The summed E-state index contributed by atoms with van der Waals surface area (Å²) in [6.07, 6.45) is 0. The fourth-order valence-corrected chi connectivity index (χ4v) is 2.29. The van der Waals surface area contributed by atoms with E-state index in [-0.39, 0.29) is 12.0 Å². The molecule has 0 bridgehead atoms. The molecule has 1 atom stereocenters. The van der Waals surface area contributed by atoms with Gasteiger partial charge in [0.2, 0.25) is 5.89 Å². The molecule has 2 aromatic rings. The van der Waals surface area contributed by atoms with E-state index >= 15 is 0 Å². The Bertz CT molecular complexity index is 527. The van der Waals surface area contributed by atoms with Crippen LogP contribution in [-0.4, -0.2) is 10.1 Å². The highest BCUT2D eigenvalue weighted by atomic mass is 35.5. The van der Waals surface area contributed by atoms with Gasteiger partial charge in [0.05, 0.1) is 11.8 Å². The predicted octanol–water partition coefficient (Wildman–Crippen LogP) is 3.67. The number of benzene rings is 1. The van der Waals surface area contributed by atoms with Crippen LogP contribution in [0.25, 0.3) is 0 Å². The number of thioether (sulfide) groups is 1. The molecule has 2 rings (SSSR count). The molecule has 19 heavy (non-hydrogen) atoms. The van der Waals surface area contributed by atoms with Crippen molar-refractivity contribution in [2.75, 3.05) is 0 Å². The zero-order valence-electron chi connectivity index (χ0n) is 10.8. The molecule has 0 spiro atoms. The van der Waals surface area contributed by atoms with E-state index in [1.807, 2.05) is 38.1 Å². The lowest BCUT2D eigenvalue weighted by atomic mass is 10.1. The molecule has 102 valence electrons. The van der Waals surface area contributed by atoms with Gasteiger partial charge in [0, 0.05) is 9.92 Å². The molecular weight excluding hydrogens is 282 g/mol. The number of nitrogens with zero attached hydrogens (tertiary/aromatic N) is 2. The summed E-state index contributed by atoms with van der Waals surface area (Å²) in [5.41, 5.74) is 5.96. The van der Waals surface area contributed by atoms with Crippen LogP contribution >= 0.6 is 23.4 Å². The lowest BCUT2D eigenvalue weighted by Gasteiger charge is -2.09. The Hall–Kier alpha value is -1.04. The van der Waals surface area contributed by atoms with Gasteiger partial charge >= 0.3 is 0 Å². The zero-order valence-corrected chi connectivity index (χ0v) is 12.4. The Balaban J connectivity index is 1.95. The Morgan fingerprint density at radius 3 is 2.63 bits per heavy atom. The van der Waals surface area contributed by atoms with Crippen LogP contribution in [0, 0.1) is 5.92 Å². The van der Waals surface area contributed by atoms with E-state index in [0.717, 1.165) is 9.92 Å². The fraction of sp³-hybridized carbons (Fsp3) is 0.385. The van der Waals surface area contributed by atoms with E-state index in [0.29, 0.717) is 17.5 Å². The van der Waals surface area contributed by atoms with Crippen LogP contribution in [0.1, 0.15) is 31.6 Å². The topological polar surface area (TPSA) is 64.9 Å². The standard InChI is InChI=1S/C13H16ClN3OS/c1-8(2)12(15)13-16-11(17-18-13)7-19-10-5-3-9(14)4-6-10/h3-6,8,12H,7,15H2,1-2H3/t12-/m0/s1. The van der Waals surface area contributed by atoms with Gasteiger partial charge in [-0.3, -0.25) is 0 Å². The van der Waals surface area contributed by atoms with Crippen LogP contribution in [-0.2, 0) is 5.75 Å². The van der Waals surface area contributed by atoms with Gasteiger partial charge in [-0.15, -0.1) is 11.8 Å². The van der Waals surface area contributed by atoms with Crippen molar-refractivity contribution in [3.63, 3.8) is 0 Å². The van der Waals surface area contributed by atoms with E-state index in [2.05, 4.69) is 10.1 Å². The molecule has 4 nitrogen and oxygen atoms in total. The number of rotatable bonds is 5. The fourth-order valence-electron chi connectivity index (χ4n) is 1.43. The summed E-state index contributed by atoms with van der Waals surface area (Å²) in [4.78, 5) is 5.43. The summed E-state index contributed by atoms with van der Waals surface area (Å²) < 4.78 is 5.17. The summed E-state index contributed by atoms with van der Waals surface area (Å²) in [6, 6.07) is 7.45. The SMILES string of the molecule is CC(C)[C@H](N)c1nc(CSc2ccc(Cl)cc2)no1. The summed E-state index contributed by atoms with van der Waals surface area (Å²) in [5, 5.41) is 4.67. The molecule has 6 heteroatoms. The first-order valence-corrected chi connectivity index (χ1v) is 7.39. The molecule has 0 aliphatic carbocycles. The molecule has 0 fully saturated rings. The minimum atomic E-state index is -0.207. The largest absolute Gasteiger partial charge is 0.338 e. The summed E-state index contributed by atoms with van der Waals surface area (Å²) in [6.45, 7) is 4.05. The second-order valence-electron chi connectivity index (χ2n) is 4.56. The molecule has 0 saturated heterocycles. The second kappa shape index (κ2) is 6.41. The lowest BCUT2D eigenvalue weighted by Crippen LogP contribution is -2.17. The molecule has 1 aromatic carbocycles. The van der Waals surface area contributed by atoms with E-state index < -0.39 is 0 Å². The first-order chi connectivity index (χ1) is 9.06. The minimum Gasteiger partial charge on any atom is -0.338 e. The van der Waals surface area contributed by atoms with Crippen molar-refractivity contribution in [2.24, 2.45) is 11.7 Å². The molecule has 2 N–H and O–H groups in total. The highest BCUT2D eigenvalue weighted by Gasteiger charge is 2.17. The maximum absolute atomic E-state index is 5.96. The third-order valence-electron chi connectivity index (χ3n) is 2.67. The monoisotopic (exact) mass is 297 g/mol. The molecule has 0 radical (unpaired) electrons. The van der Waals surface area contributed by atoms with Crippen molar-refractivity contribution in [2.45, 2.75) is 30.5 Å². The van der Waals surface area contributed by atoms with Crippen LogP contribution in [0.3, 0.4) is 0 Å². The average Bonchev–Trinajstić information content (AvgIpc) is 2.86. The van der Waals surface area contributed by atoms with Crippen molar-refractivity contribution < 1.29 is 4.52 Å². The number of hydrogen-bond donors (Lipinski definition) is 1. The second-order valence-corrected chi connectivity index (χ2v) is 6.05. The number of aromatic nitrogens is 2. The van der Waals surface area contributed by atoms with Crippen molar-refractivity contribution in [1.29, 1.82) is 0 Å². The van der Waals surface area contributed by atoms with Crippen LogP contribution in [0.5, 0.6) is 0 Å². The molecule has 0 amide bonds. The third kappa shape index (κ3) is 3.96. The molecule has 0 unspecified atom stereocenters. The quantitative estimate of drug-likeness (QED) is 0.853. The van der Waals surface area contributed by atoms with Gasteiger partial charge in [0.15, 0.2) is 5.82 Å². The molecule has 0 aliphatic rings. The molecule has 1 aromatic heterocycles. The van der Waals surface area contributed by atoms with Gasteiger partial charge in [-0.05, 0) is 30.2 Å². The Labute approximate surface area is 121 Å². The lowest BCUT2D eigenvalue weighted by molar-refractivity contribution is 0.323. The van der Waals surface area contributed by atoms with E-state index in [1.54, 1.807) is 11.8 Å². The normalized spacial score (nSPS) is 12.9. The molecule has 1 heterocycles. The summed E-state index contributed by atoms with van der Waals surface area (Å²) in [7, 11) is 0. The van der Waals surface area contributed by atoms with E-state index in [4.69, 9.17) is 21.9 Å². The van der Waals surface area contributed by atoms with Gasteiger partial charge in [-0.2, -0.15) is 4.98 Å². The van der Waals surface area contributed by atoms with Gasteiger partial charge in [-0.25, -0.2) is 0 Å². The minimum absolute atomic E-state index is 0.207. The zero-order chi connectivity index (χ0) is 13.8. The summed E-state index contributed by atoms with van der Waals surface area (Å²) in [5.74, 6) is 2.08. The average molecular weight is 298 g/mol. The third-order valence-corrected chi connectivity index (χ3v) is 3.93. The maximum Gasteiger partial charge on any atom is 0.243 e. The van der Waals surface area contributed by atoms with Crippen molar-refractivity contribution in [1.82, 2.24) is 10.1 Å².